The van der Waals surface area contributed by atoms with Crippen molar-refractivity contribution in [3.8, 4) is 0 Å². The van der Waals surface area contributed by atoms with E-state index in [0.29, 0.717) is 22.8 Å². The van der Waals surface area contributed by atoms with Crippen molar-refractivity contribution in [2.45, 2.75) is 6.92 Å². The van der Waals surface area contributed by atoms with E-state index in [0.717, 1.165) is 5.56 Å². The molecule has 0 spiro atoms. The van der Waals surface area contributed by atoms with E-state index >= 15 is 0 Å². The molecule has 0 amide bonds. The van der Waals surface area contributed by atoms with Gasteiger partial charge in [-0.2, -0.15) is 0 Å². The lowest BCUT2D eigenvalue weighted by molar-refractivity contribution is -0.110. The zero-order valence-electron chi connectivity index (χ0n) is 9.47. The normalized spacial score (nSPS) is 14.2. The van der Waals surface area contributed by atoms with Crippen LogP contribution in [0.25, 0.3) is 0 Å². The van der Waals surface area contributed by atoms with E-state index in [4.69, 9.17) is 11.5 Å². The number of hydrogen-bond acceptors (Lipinski definition) is 4. The minimum absolute atomic E-state index is 0.0362. The highest BCUT2D eigenvalue weighted by molar-refractivity contribution is 6.17. The van der Waals surface area contributed by atoms with Crippen molar-refractivity contribution in [3.05, 3.63) is 42.0 Å². The largest absolute Gasteiger partial charge is 0.399 e. The van der Waals surface area contributed by atoms with Crippen LogP contribution in [0.15, 0.2) is 41.4 Å². The van der Waals surface area contributed by atoms with E-state index in [1.54, 1.807) is 18.2 Å². The van der Waals surface area contributed by atoms with Crippen LogP contribution in [-0.2, 0) is 4.79 Å². The number of carbonyl (C=O) groups is 1. The summed E-state index contributed by atoms with van der Waals surface area (Å²) in [6, 6.07) is 3.49. The topological polar surface area (TPSA) is 81.5 Å². The second-order valence-corrected chi connectivity index (χ2v) is 3.88. The van der Waals surface area contributed by atoms with Gasteiger partial charge in [-0.25, -0.2) is 4.99 Å². The SMILES string of the molecule is Cc1cc(N)cc(N)c1N=C1C=CC(=O)C=C1. The molecular formula is C13H13N3O. The number of aliphatic imine (C=N–C) groups is 1. The Hall–Kier alpha value is -2.36. The first-order chi connectivity index (χ1) is 8.06. The summed E-state index contributed by atoms with van der Waals surface area (Å²) in [4.78, 5) is 15.4. The van der Waals surface area contributed by atoms with Crippen molar-refractivity contribution in [2.75, 3.05) is 11.5 Å². The number of anilines is 2. The third kappa shape index (κ3) is 2.42. The van der Waals surface area contributed by atoms with Gasteiger partial charge in [0, 0.05) is 5.69 Å². The minimum atomic E-state index is -0.0362. The van der Waals surface area contributed by atoms with Crippen LogP contribution < -0.4 is 11.5 Å². The van der Waals surface area contributed by atoms with Gasteiger partial charge in [0.15, 0.2) is 5.78 Å². The van der Waals surface area contributed by atoms with Gasteiger partial charge in [-0.1, -0.05) is 0 Å². The van der Waals surface area contributed by atoms with Gasteiger partial charge in [0.25, 0.3) is 0 Å². The quantitative estimate of drug-likeness (QED) is 0.568. The average Bonchev–Trinajstić information content (AvgIpc) is 2.26. The van der Waals surface area contributed by atoms with Crippen molar-refractivity contribution in [3.63, 3.8) is 0 Å². The lowest BCUT2D eigenvalue weighted by Gasteiger charge is -2.07. The molecule has 1 aromatic carbocycles. The minimum Gasteiger partial charge on any atom is -0.399 e. The molecule has 4 heteroatoms. The molecule has 0 saturated heterocycles. The van der Waals surface area contributed by atoms with E-state index in [2.05, 4.69) is 4.99 Å². The maximum absolute atomic E-state index is 11.0. The number of nitrogens with two attached hydrogens (primary N) is 2. The van der Waals surface area contributed by atoms with Crippen molar-refractivity contribution in [2.24, 2.45) is 4.99 Å². The molecule has 0 aromatic heterocycles. The van der Waals surface area contributed by atoms with E-state index < -0.39 is 0 Å². The number of hydrogen-bond donors (Lipinski definition) is 2. The Morgan fingerprint density at radius 1 is 1.06 bits per heavy atom. The molecule has 0 fully saturated rings. The van der Waals surface area contributed by atoms with Gasteiger partial charge in [0.1, 0.15) is 0 Å². The molecule has 17 heavy (non-hydrogen) atoms. The van der Waals surface area contributed by atoms with Crippen molar-refractivity contribution in [1.29, 1.82) is 0 Å². The van der Waals surface area contributed by atoms with Gasteiger partial charge in [-0.3, -0.25) is 4.79 Å². The number of carbonyl (C=O) groups excluding carboxylic acids is 1. The highest BCUT2D eigenvalue weighted by Gasteiger charge is 2.05. The number of nitrogen functional groups attached to an aromatic ring is 2. The number of aryl methyl sites for hydroxylation is 1. The molecule has 1 aliphatic carbocycles. The van der Waals surface area contributed by atoms with Crippen molar-refractivity contribution in [1.82, 2.24) is 0 Å². The first kappa shape index (κ1) is 11.1. The molecule has 0 aliphatic heterocycles. The van der Waals surface area contributed by atoms with Gasteiger partial charge in [0.2, 0.25) is 0 Å². The zero-order valence-corrected chi connectivity index (χ0v) is 9.47. The van der Waals surface area contributed by atoms with Crippen LogP contribution in [0.1, 0.15) is 5.56 Å². The molecular weight excluding hydrogens is 214 g/mol. The molecule has 1 aliphatic rings. The maximum Gasteiger partial charge on any atom is 0.178 e. The average molecular weight is 227 g/mol. The molecule has 0 atom stereocenters. The molecule has 0 heterocycles. The predicted octanol–water partition coefficient (Wildman–Crippen LogP) is 1.93. The molecule has 2 rings (SSSR count). The molecule has 0 unspecified atom stereocenters. The number of ketones is 1. The van der Waals surface area contributed by atoms with Gasteiger partial charge >= 0.3 is 0 Å². The predicted molar refractivity (Wildman–Crippen MR) is 70.4 cm³/mol. The first-order valence-electron chi connectivity index (χ1n) is 5.20. The fraction of sp³-hybridized carbons (Fsp3) is 0.0769. The van der Waals surface area contributed by atoms with Gasteiger partial charge < -0.3 is 11.5 Å². The third-order valence-electron chi connectivity index (χ3n) is 2.43. The molecule has 4 N–H and O–H groups in total. The standard InChI is InChI=1S/C13H13N3O/c1-8-6-9(14)7-12(15)13(8)16-10-2-4-11(17)5-3-10/h2-7H,14-15H2,1H3. The summed E-state index contributed by atoms with van der Waals surface area (Å²) in [5, 5.41) is 0. The van der Waals surface area contributed by atoms with E-state index in [9.17, 15) is 4.79 Å². The Labute approximate surface area is 99.3 Å². The Kier molecular flexibility index (Phi) is 2.78. The van der Waals surface area contributed by atoms with Crippen LogP contribution in [0.4, 0.5) is 17.1 Å². The summed E-state index contributed by atoms with van der Waals surface area (Å²) in [6.07, 6.45) is 6.28. The van der Waals surface area contributed by atoms with Crippen molar-refractivity contribution < 1.29 is 4.79 Å². The number of nitrogens with zero attached hydrogens (tertiary/aromatic N) is 1. The fourth-order valence-corrected chi connectivity index (χ4v) is 1.64. The molecule has 0 radical (unpaired) electrons. The summed E-state index contributed by atoms with van der Waals surface area (Å²) in [5.41, 5.74) is 15.0. The molecule has 4 nitrogen and oxygen atoms in total. The van der Waals surface area contributed by atoms with E-state index in [1.807, 2.05) is 13.0 Å². The number of allylic oxidation sites excluding steroid dienone is 4. The van der Waals surface area contributed by atoms with Crippen LogP contribution in [0.5, 0.6) is 0 Å². The summed E-state index contributed by atoms with van der Waals surface area (Å²) >= 11 is 0. The summed E-state index contributed by atoms with van der Waals surface area (Å²) in [7, 11) is 0. The van der Waals surface area contributed by atoms with Crippen LogP contribution in [0.2, 0.25) is 0 Å². The van der Waals surface area contributed by atoms with Crippen molar-refractivity contribution >= 4 is 28.6 Å². The Morgan fingerprint density at radius 2 is 1.71 bits per heavy atom. The Morgan fingerprint density at radius 3 is 2.29 bits per heavy atom. The molecule has 86 valence electrons. The fourth-order valence-electron chi connectivity index (χ4n) is 1.64. The summed E-state index contributed by atoms with van der Waals surface area (Å²) in [6.45, 7) is 1.90. The highest BCUT2D eigenvalue weighted by atomic mass is 16.1. The highest BCUT2D eigenvalue weighted by Crippen LogP contribution is 2.29. The molecule has 0 saturated carbocycles. The maximum atomic E-state index is 11.0. The van der Waals surface area contributed by atoms with Gasteiger partial charge in [-0.05, 0) is 48.9 Å². The second-order valence-electron chi connectivity index (χ2n) is 3.88. The Bertz CT molecular complexity index is 527. The Balaban J connectivity index is 2.43. The van der Waals surface area contributed by atoms with Gasteiger partial charge in [-0.15, -0.1) is 0 Å². The number of rotatable bonds is 1. The van der Waals surface area contributed by atoms with Crippen LogP contribution in [0, 0.1) is 6.92 Å². The summed E-state index contributed by atoms with van der Waals surface area (Å²) < 4.78 is 0. The lowest BCUT2D eigenvalue weighted by Crippen LogP contribution is -2.00. The summed E-state index contributed by atoms with van der Waals surface area (Å²) in [5.74, 6) is -0.0362. The first-order valence-corrected chi connectivity index (χ1v) is 5.20. The molecule has 1 aromatic rings. The number of benzene rings is 1. The van der Waals surface area contributed by atoms with Crippen LogP contribution >= 0.6 is 0 Å². The second kappa shape index (κ2) is 4.25. The van der Waals surface area contributed by atoms with Crippen LogP contribution in [-0.4, -0.2) is 11.5 Å². The molecule has 0 bridgehead atoms. The van der Waals surface area contributed by atoms with E-state index in [-0.39, 0.29) is 5.78 Å². The van der Waals surface area contributed by atoms with Gasteiger partial charge in [0.05, 0.1) is 17.1 Å². The lowest BCUT2D eigenvalue weighted by atomic mass is 10.1. The van der Waals surface area contributed by atoms with E-state index in [1.165, 1.54) is 12.2 Å². The van der Waals surface area contributed by atoms with Crippen LogP contribution in [0.3, 0.4) is 0 Å². The smallest absolute Gasteiger partial charge is 0.178 e. The zero-order chi connectivity index (χ0) is 12.4. The monoisotopic (exact) mass is 227 g/mol. The third-order valence-corrected chi connectivity index (χ3v) is 2.43.